The van der Waals surface area contributed by atoms with Crippen LogP contribution < -0.4 is 5.32 Å². The van der Waals surface area contributed by atoms with Crippen molar-refractivity contribution >= 4 is 22.9 Å². The molecule has 1 unspecified atom stereocenters. The van der Waals surface area contributed by atoms with Gasteiger partial charge in [0.1, 0.15) is 5.01 Å². The molecule has 1 N–H and O–H groups in total. The predicted molar refractivity (Wildman–Crippen MR) is 94.7 cm³/mol. The van der Waals surface area contributed by atoms with Crippen LogP contribution in [0.25, 0.3) is 10.7 Å². The molecule has 1 atom stereocenters. The second kappa shape index (κ2) is 6.40. The van der Waals surface area contributed by atoms with Crippen molar-refractivity contribution in [3.63, 3.8) is 0 Å². The van der Waals surface area contributed by atoms with Crippen molar-refractivity contribution in [3.05, 3.63) is 69.8 Å². The van der Waals surface area contributed by atoms with Crippen LogP contribution in [0.1, 0.15) is 29.3 Å². The Morgan fingerprint density at radius 1 is 1.22 bits per heavy atom. The number of hydrogen-bond donors (Lipinski definition) is 1. The average Bonchev–Trinajstić information content (AvgIpc) is 3.21. The van der Waals surface area contributed by atoms with E-state index in [-0.39, 0.29) is 0 Å². The van der Waals surface area contributed by atoms with Crippen molar-refractivity contribution < 1.29 is 0 Å². The Hall–Kier alpha value is -1.75. The highest BCUT2D eigenvalue weighted by atomic mass is 35.5. The van der Waals surface area contributed by atoms with E-state index in [0.717, 1.165) is 40.8 Å². The third-order valence-electron chi connectivity index (χ3n) is 4.18. The summed E-state index contributed by atoms with van der Waals surface area (Å²) in [5.41, 5.74) is 4.62. The molecule has 0 saturated heterocycles. The average molecular weight is 342 g/mol. The fourth-order valence-corrected chi connectivity index (χ4v) is 4.12. The molecule has 0 fully saturated rings. The van der Waals surface area contributed by atoms with E-state index in [1.165, 1.54) is 11.1 Å². The van der Waals surface area contributed by atoms with E-state index in [4.69, 9.17) is 11.6 Å². The van der Waals surface area contributed by atoms with Crippen molar-refractivity contribution in [1.82, 2.24) is 15.3 Å². The summed E-state index contributed by atoms with van der Waals surface area (Å²) in [7, 11) is 0. The van der Waals surface area contributed by atoms with Gasteiger partial charge in [-0.2, -0.15) is 0 Å². The maximum Gasteiger partial charge on any atom is 0.142 e. The van der Waals surface area contributed by atoms with Crippen molar-refractivity contribution in [1.29, 1.82) is 0 Å². The normalized spacial score (nSPS) is 16.5. The zero-order chi connectivity index (χ0) is 15.6. The van der Waals surface area contributed by atoms with E-state index in [1.54, 1.807) is 17.5 Å². The molecule has 3 nitrogen and oxygen atoms in total. The van der Waals surface area contributed by atoms with Gasteiger partial charge in [0, 0.05) is 29.2 Å². The van der Waals surface area contributed by atoms with Crippen LogP contribution in [0.5, 0.6) is 0 Å². The number of hydrogen-bond acceptors (Lipinski definition) is 4. The Bertz CT molecular complexity index is 816. The lowest BCUT2D eigenvalue weighted by atomic mass is 10.1. The van der Waals surface area contributed by atoms with Crippen LogP contribution in [-0.4, -0.2) is 9.97 Å². The van der Waals surface area contributed by atoms with Gasteiger partial charge in [-0.1, -0.05) is 29.8 Å². The van der Waals surface area contributed by atoms with Gasteiger partial charge in [0.25, 0.3) is 0 Å². The third kappa shape index (κ3) is 3.02. The minimum absolute atomic E-state index is 0.365. The second-order valence-corrected chi connectivity index (χ2v) is 6.90. The monoisotopic (exact) mass is 341 g/mol. The van der Waals surface area contributed by atoms with Gasteiger partial charge in [-0.3, -0.25) is 4.98 Å². The number of aromatic nitrogens is 2. The first-order valence-corrected chi connectivity index (χ1v) is 8.93. The van der Waals surface area contributed by atoms with Crippen LogP contribution in [0, 0.1) is 0 Å². The summed E-state index contributed by atoms with van der Waals surface area (Å²) in [6, 6.07) is 12.4. The molecule has 2 aromatic heterocycles. The Morgan fingerprint density at radius 3 is 3.04 bits per heavy atom. The fraction of sp³-hybridized carbons (Fsp3) is 0.222. The molecule has 0 amide bonds. The molecule has 0 saturated carbocycles. The molecule has 0 bridgehead atoms. The van der Waals surface area contributed by atoms with Crippen molar-refractivity contribution in [2.75, 3.05) is 0 Å². The summed E-state index contributed by atoms with van der Waals surface area (Å²) >= 11 is 7.92. The highest BCUT2D eigenvalue weighted by molar-refractivity contribution is 7.13. The van der Waals surface area contributed by atoms with Crippen LogP contribution in [0.15, 0.2) is 48.0 Å². The molecule has 23 heavy (non-hydrogen) atoms. The first kappa shape index (κ1) is 14.8. The number of thiazole rings is 1. The first-order chi connectivity index (χ1) is 11.3. The molecule has 1 aromatic carbocycles. The highest BCUT2D eigenvalue weighted by Gasteiger charge is 2.23. The van der Waals surface area contributed by atoms with Gasteiger partial charge in [0.2, 0.25) is 0 Å². The van der Waals surface area contributed by atoms with Gasteiger partial charge >= 0.3 is 0 Å². The molecule has 0 aliphatic heterocycles. The number of pyridine rings is 1. The Morgan fingerprint density at radius 2 is 2.17 bits per heavy atom. The topological polar surface area (TPSA) is 37.8 Å². The van der Waals surface area contributed by atoms with Crippen molar-refractivity contribution in [3.8, 4) is 10.7 Å². The number of rotatable bonds is 4. The van der Waals surface area contributed by atoms with Crippen LogP contribution >= 0.6 is 22.9 Å². The molecular formula is C18H16ClN3S. The summed E-state index contributed by atoms with van der Waals surface area (Å²) < 4.78 is 0. The molecule has 2 heterocycles. The Labute approximate surface area is 144 Å². The number of halogens is 1. The number of nitrogens with zero attached hydrogens (tertiary/aromatic N) is 2. The lowest BCUT2D eigenvalue weighted by molar-refractivity contribution is 0.526. The molecule has 4 rings (SSSR count). The largest absolute Gasteiger partial charge is 0.304 e. The summed E-state index contributed by atoms with van der Waals surface area (Å²) in [6.45, 7) is 0.764. The zero-order valence-corrected chi connectivity index (χ0v) is 14.1. The predicted octanol–water partition coefficient (Wildman–Crippen LogP) is 4.64. The van der Waals surface area contributed by atoms with Gasteiger partial charge in [0.05, 0.1) is 11.4 Å². The number of benzene rings is 1. The lowest BCUT2D eigenvalue weighted by Gasteiger charge is -2.13. The Kier molecular flexibility index (Phi) is 4.12. The smallest absolute Gasteiger partial charge is 0.142 e. The quantitative estimate of drug-likeness (QED) is 0.751. The standard InChI is InChI=1S/C18H16ClN3S/c19-15-5-3-4-14-13(15)7-8-16(14)21-10-12-11-23-18(22-12)17-6-1-2-9-20-17/h1-6,9,11,16,21H,7-8,10H2. The van der Waals surface area contributed by atoms with E-state index >= 15 is 0 Å². The van der Waals surface area contributed by atoms with Crippen LogP contribution in [-0.2, 0) is 13.0 Å². The molecule has 0 spiro atoms. The van der Waals surface area contributed by atoms with Crippen LogP contribution in [0.4, 0.5) is 0 Å². The van der Waals surface area contributed by atoms with E-state index in [1.807, 2.05) is 30.3 Å². The van der Waals surface area contributed by atoms with Gasteiger partial charge in [-0.05, 0) is 42.2 Å². The molecule has 3 aromatic rings. The summed E-state index contributed by atoms with van der Waals surface area (Å²) in [6.07, 6.45) is 3.94. The molecule has 1 aliphatic carbocycles. The van der Waals surface area contributed by atoms with Gasteiger partial charge in [0.15, 0.2) is 0 Å². The van der Waals surface area contributed by atoms with Crippen LogP contribution in [0.3, 0.4) is 0 Å². The maximum atomic E-state index is 6.28. The summed E-state index contributed by atoms with van der Waals surface area (Å²) in [4.78, 5) is 9.03. The van der Waals surface area contributed by atoms with Gasteiger partial charge in [-0.25, -0.2) is 4.98 Å². The lowest BCUT2D eigenvalue weighted by Crippen LogP contribution is -2.18. The first-order valence-electron chi connectivity index (χ1n) is 7.68. The van der Waals surface area contributed by atoms with Crippen molar-refractivity contribution in [2.24, 2.45) is 0 Å². The number of fused-ring (bicyclic) bond motifs is 1. The summed E-state index contributed by atoms with van der Waals surface area (Å²) in [5, 5.41) is 7.57. The van der Waals surface area contributed by atoms with E-state index in [0.29, 0.717) is 6.04 Å². The van der Waals surface area contributed by atoms with Crippen LogP contribution in [0.2, 0.25) is 5.02 Å². The molecular weight excluding hydrogens is 326 g/mol. The molecule has 0 radical (unpaired) electrons. The molecule has 1 aliphatic rings. The Balaban J connectivity index is 1.45. The van der Waals surface area contributed by atoms with E-state index in [9.17, 15) is 0 Å². The fourth-order valence-electron chi connectivity index (χ4n) is 3.04. The highest BCUT2D eigenvalue weighted by Crippen LogP contribution is 2.35. The van der Waals surface area contributed by atoms with E-state index < -0.39 is 0 Å². The zero-order valence-electron chi connectivity index (χ0n) is 12.5. The second-order valence-electron chi connectivity index (χ2n) is 5.64. The minimum Gasteiger partial charge on any atom is -0.304 e. The molecule has 5 heteroatoms. The maximum absolute atomic E-state index is 6.28. The summed E-state index contributed by atoms with van der Waals surface area (Å²) in [5.74, 6) is 0. The SMILES string of the molecule is Clc1cccc2c1CCC2NCc1csc(-c2ccccn2)n1. The minimum atomic E-state index is 0.365. The van der Waals surface area contributed by atoms with Gasteiger partial charge < -0.3 is 5.32 Å². The van der Waals surface area contributed by atoms with E-state index in [2.05, 4.69) is 26.7 Å². The molecule has 116 valence electrons. The van der Waals surface area contributed by atoms with Gasteiger partial charge in [-0.15, -0.1) is 11.3 Å². The van der Waals surface area contributed by atoms with Crippen molar-refractivity contribution in [2.45, 2.75) is 25.4 Å². The number of nitrogens with one attached hydrogen (secondary N) is 1. The third-order valence-corrected chi connectivity index (χ3v) is 5.45.